The molecule has 0 spiro atoms. The maximum Gasteiger partial charge on any atom is 0.133 e. The molecule has 1 heterocycles. The zero-order valence-electron chi connectivity index (χ0n) is 11.5. The molecule has 1 N–H and O–H groups in total. The van der Waals surface area contributed by atoms with Crippen LogP contribution in [0.3, 0.4) is 0 Å². The van der Waals surface area contributed by atoms with E-state index in [-0.39, 0.29) is 0 Å². The van der Waals surface area contributed by atoms with Crippen molar-refractivity contribution in [3.05, 3.63) is 17.6 Å². The van der Waals surface area contributed by atoms with E-state index in [0.29, 0.717) is 11.3 Å². The molecular formula is C14H22ClN3. The molecule has 0 unspecified atom stereocenters. The Balaban J connectivity index is 2.01. The van der Waals surface area contributed by atoms with Gasteiger partial charge in [0.25, 0.3) is 0 Å². The average Bonchev–Trinajstić information content (AvgIpc) is 3.07. The highest BCUT2D eigenvalue weighted by molar-refractivity contribution is 6.17. The molecule has 0 bridgehead atoms. The molecule has 1 aliphatic rings. The second-order valence-corrected chi connectivity index (χ2v) is 6.08. The summed E-state index contributed by atoms with van der Waals surface area (Å²) in [5.74, 6) is 2.98. The molecule has 100 valence electrons. The van der Waals surface area contributed by atoms with E-state index >= 15 is 0 Å². The van der Waals surface area contributed by atoms with Crippen LogP contribution in [0, 0.1) is 12.3 Å². The molecule has 0 aromatic carbocycles. The number of hydrogen-bond acceptors (Lipinski definition) is 3. The smallest absolute Gasteiger partial charge is 0.133 e. The van der Waals surface area contributed by atoms with Crippen LogP contribution < -0.4 is 5.32 Å². The standard InChI is InChI=1S/C14H22ClN3/c1-10(2)13-17-11(3)8-12(18-13)16-9-14(4-5-14)6-7-15/h8,10H,4-7,9H2,1-3H3,(H,16,17,18). The largest absolute Gasteiger partial charge is 0.369 e. The van der Waals surface area contributed by atoms with E-state index in [9.17, 15) is 0 Å². The lowest BCUT2D eigenvalue weighted by molar-refractivity contribution is 0.523. The van der Waals surface area contributed by atoms with Gasteiger partial charge in [-0.05, 0) is 31.6 Å². The van der Waals surface area contributed by atoms with Gasteiger partial charge in [-0.1, -0.05) is 13.8 Å². The number of aromatic nitrogens is 2. The van der Waals surface area contributed by atoms with E-state index in [0.717, 1.165) is 36.2 Å². The summed E-state index contributed by atoms with van der Waals surface area (Å²) in [5, 5.41) is 3.46. The van der Waals surface area contributed by atoms with E-state index in [1.807, 2.05) is 13.0 Å². The molecule has 3 nitrogen and oxygen atoms in total. The van der Waals surface area contributed by atoms with Gasteiger partial charge in [-0.2, -0.15) is 0 Å². The van der Waals surface area contributed by atoms with Crippen LogP contribution in [0.25, 0.3) is 0 Å². The molecule has 0 saturated heterocycles. The van der Waals surface area contributed by atoms with Crippen molar-refractivity contribution in [3.63, 3.8) is 0 Å². The summed E-state index contributed by atoms with van der Waals surface area (Å²) in [6, 6.07) is 2.02. The van der Waals surface area contributed by atoms with E-state index in [1.165, 1.54) is 12.8 Å². The first-order valence-corrected chi connectivity index (χ1v) is 7.23. The van der Waals surface area contributed by atoms with Crippen LogP contribution in [0.4, 0.5) is 5.82 Å². The molecule has 0 atom stereocenters. The van der Waals surface area contributed by atoms with Gasteiger partial charge in [0.1, 0.15) is 11.6 Å². The Kier molecular flexibility index (Phi) is 4.10. The van der Waals surface area contributed by atoms with Crippen LogP contribution in [0.5, 0.6) is 0 Å². The summed E-state index contributed by atoms with van der Waals surface area (Å²) in [7, 11) is 0. The van der Waals surface area contributed by atoms with Gasteiger partial charge in [-0.15, -0.1) is 11.6 Å². The van der Waals surface area contributed by atoms with Gasteiger partial charge >= 0.3 is 0 Å². The summed E-state index contributed by atoms with van der Waals surface area (Å²) in [5.41, 5.74) is 1.46. The Hall–Kier alpha value is -0.830. The van der Waals surface area contributed by atoms with Gasteiger partial charge in [0, 0.05) is 30.1 Å². The number of halogens is 1. The quantitative estimate of drug-likeness (QED) is 0.798. The van der Waals surface area contributed by atoms with Crippen molar-refractivity contribution in [1.29, 1.82) is 0 Å². The molecule has 4 heteroatoms. The van der Waals surface area contributed by atoms with E-state index < -0.39 is 0 Å². The van der Waals surface area contributed by atoms with Gasteiger partial charge in [0.05, 0.1) is 0 Å². The van der Waals surface area contributed by atoms with Gasteiger partial charge in [-0.3, -0.25) is 0 Å². The average molecular weight is 268 g/mol. The molecular weight excluding hydrogens is 246 g/mol. The predicted molar refractivity (Wildman–Crippen MR) is 76.4 cm³/mol. The number of aryl methyl sites for hydroxylation is 1. The second kappa shape index (κ2) is 5.43. The lowest BCUT2D eigenvalue weighted by Gasteiger charge is -2.16. The molecule has 1 saturated carbocycles. The topological polar surface area (TPSA) is 37.8 Å². The third-order valence-electron chi connectivity index (χ3n) is 3.61. The highest BCUT2D eigenvalue weighted by Gasteiger charge is 2.41. The Bertz CT molecular complexity index is 414. The van der Waals surface area contributed by atoms with Crippen LogP contribution in [0.2, 0.25) is 0 Å². The summed E-state index contributed by atoms with van der Waals surface area (Å²) in [4.78, 5) is 9.03. The first-order chi connectivity index (χ1) is 8.54. The maximum atomic E-state index is 5.85. The predicted octanol–water partition coefficient (Wildman–Crippen LogP) is 3.73. The third-order valence-corrected chi connectivity index (χ3v) is 3.80. The SMILES string of the molecule is Cc1cc(NCC2(CCCl)CC2)nc(C(C)C)n1. The number of nitrogens with one attached hydrogen (secondary N) is 1. The number of nitrogens with zero attached hydrogens (tertiary/aromatic N) is 2. The van der Waals surface area contributed by atoms with Crippen LogP contribution >= 0.6 is 11.6 Å². The Morgan fingerprint density at radius 1 is 1.39 bits per heavy atom. The van der Waals surface area contributed by atoms with E-state index in [2.05, 4.69) is 29.1 Å². The van der Waals surface area contributed by atoms with Crippen molar-refractivity contribution in [2.45, 2.75) is 46.0 Å². The number of anilines is 1. The highest BCUT2D eigenvalue weighted by atomic mass is 35.5. The monoisotopic (exact) mass is 267 g/mol. The zero-order valence-corrected chi connectivity index (χ0v) is 12.2. The van der Waals surface area contributed by atoms with E-state index in [4.69, 9.17) is 11.6 Å². The van der Waals surface area contributed by atoms with Crippen LogP contribution in [0.1, 0.15) is 50.5 Å². The number of hydrogen-bond donors (Lipinski definition) is 1. The van der Waals surface area contributed by atoms with Gasteiger partial charge in [0.2, 0.25) is 0 Å². The molecule has 0 radical (unpaired) electrons. The summed E-state index contributed by atoms with van der Waals surface area (Å²) >= 11 is 5.85. The molecule has 1 aromatic rings. The lowest BCUT2D eigenvalue weighted by atomic mass is 10.0. The van der Waals surface area contributed by atoms with Crippen molar-refractivity contribution in [2.24, 2.45) is 5.41 Å². The summed E-state index contributed by atoms with van der Waals surface area (Å²) < 4.78 is 0. The van der Waals surface area contributed by atoms with Crippen LogP contribution in [-0.4, -0.2) is 22.4 Å². The van der Waals surface area contributed by atoms with E-state index in [1.54, 1.807) is 0 Å². The van der Waals surface area contributed by atoms with Crippen molar-refractivity contribution in [3.8, 4) is 0 Å². The third kappa shape index (κ3) is 3.35. The fraction of sp³-hybridized carbons (Fsp3) is 0.714. The highest BCUT2D eigenvalue weighted by Crippen LogP contribution is 2.48. The molecule has 0 amide bonds. The molecule has 1 fully saturated rings. The first kappa shape index (κ1) is 13.6. The normalized spacial score (nSPS) is 16.9. The molecule has 1 aromatic heterocycles. The van der Waals surface area contributed by atoms with Gasteiger partial charge in [0.15, 0.2) is 0 Å². The molecule has 1 aliphatic carbocycles. The Morgan fingerprint density at radius 2 is 2.11 bits per heavy atom. The minimum absolute atomic E-state index is 0.364. The van der Waals surface area contributed by atoms with Crippen LogP contribution in [-0.2, 0) is 0 Å². The summed E-state index contributed by atoms with van der Waals surface area (Å²) in [6.07, 6.45) is 3.67. The number of alkyl halides is 1. The first-order valence-electron chi connectivity index (χ1n) is 6.70. The van der Waals surface area contributed by atoms with Crippen molar-refractivity contribution >= 4 is 17.4 Å². The summed E-state index contributed by atoms with van der Waals surface area (Å²) in [6.45, 7) is 7.24. The van der Waals surface area contributed by atoms with Crippen molar-refractivity contribution < 1.29 is 0 Å². The maximum absolute atomic E-state index is 5.85. The zero-order chi connectivity index (χ0) is 13.2. The molecule has 2 rings (SSSR count). The fourth-order valence-electron chi connectivity index (χ4n) is 2.11. The van der Waals surface area contributed by atoms with Crippen molar-refractivity contribution in [1.82, 2.24) is 9.97 Å². The Morgan fingerprint density at radius 3 is 2.67 bits per heavy atom. The lowest BCUT2D eigenvalue weighted by Crippen LogP contribution is -2.17. The van der Waals surface area contributed by atoms with Crippen LogP contribution in [0.15, 0.2) is 6.07 Å². The fourth-order valence-corrected chi connectivity index (χ4v) is 2.51. The number of rotatable bonds is 6. The van der Waals surface area contributed by atoms with Gasteiger partial charge < -0.3 is 5.32 Å². The molecule has 18 heavy (non-hydrogen) atoms. The van der Waals surface area contributed by atoms with Gasteiger partial charge in [-0.25, -0.2) is 9.97 Å². The second-order valence-electron chi connectivity index (χ2n) is 5.70. The van der Waals surface area contributed by atoms with Crippen molar-refractivity contribution in [2.75, 3.05) is 17.7 Å². The minimum Gasteiger partial charge on any atom is -0.369 e. The minimum atomic E-state index is 0.364. The molecule has 0 aliphatic heterocycles. The Labute approximate surface area is 114 Å².